The number of carbonyl (C=O) groups is 6. The van der Waals surface area contributed by atoms with Gasteiger partial charge in [0.2, 0.25) is 5.91 Å². The van der Waals surface area contributed by atoms with Gasteiger partial charge < -0.3 is 25.7 Å². The molecule has 0 aliphatic carbocycles. The molecule has 306 valence electrons. The summed E-state index contributed by atoms with van der Waals surface area (Å²) < 4.78 is 0. The van der Waals surface area contributed by atoms with Crippen molar-refractivity contribution in [2.24, 2.45) is 11.8 Å². The number of ketones is 1. The first-order valence-corrected chi connectivity index (χ1v) is 18.9. The van der Waals surface area contributed by atoms with Crippen LogP contribution in [0.5, 0.6) is 0 Å². The molecule has 0 aliphatic heterocycles. The van der Waals surface area contributed by atoms with Crippen molar-refractivity contribution < 1.29 is 49.2 Å². The van der Waals surface area contributed by atoms with Crippen LogP contribution >= 0.6 is 11.6 Å². The van der Waals surface area contributed by atoms with E-state index < -0.39 is 29.8 Å². The summed E-state index contributed by atoms with van der Waals surface area (Å²) in [7, 11) is 0. The highest BCUT2D eigenvalue weighted by Gasteiger charge is 2.15. The van der Waals surface area contributed by atoms with Crippen molar-refractivity contribution in [3.8, 4) is 0 Å². The monoisotopic (exact) mass is 819 g/mol. The molecule has 0 radical (unpaired) electrons. The lowest BCUT2D eigenvalue weighted by Gasteiger charge is -2.08. The molecule has 0 bridgehead atoms. The van der Waals surface area contributed by atoms with Crippen LogP contribution in [0.25, 0.3) is 21.5 Å². The van der Waals surface area contributed by atoms with E-state index in [0.717, 1.165) is 22.6 Å². The van der Waals surface area contributed by atoms with Crippen molar-refractivity contribution >= 4 is 74.4 Å². The molecule has 0 aliphatic rings. The van der Waals surface area contributed by atoms with Crippen LogP contribution in [0, 0.1) is 18.8 Å². The molecule has 6 aromatic rings. The van der Waals surface area contributed by atoms with E-state index in [2.05, 4.69) is 41.7 Å². The molecule has 5 N–H and O–H groups in total. The predicted molar refractivity (Wildman–Crippen MR) is 230 cm³/mol. The van der Waals surface area contributed by atoms with Crippen molar-refractivity contribution in [2.75, 3.05) is 5.32 Å². The first-order chi connectivity index (χ1) is 27.9. The van der Waals surface area contributed by atoms with Gasteiger partial charge in [0, 0.05) is 17.7 Å². The van der Waals surface area contributed by atoms with E-state index in [1.54, 1.807) is 50.2 Å². The van der Waals surface area contributed by atoms with E-state index in [1.165, 1.54) is 40.8 Å². The fourth-order valence-corrected chi connectivity index (χ4v) is 5.64. The van der Waals surface area contributed by atoms with Gasteiger partial charge >= 0.3 is 23.9 Å². The molecule has 0 spiro atoms. The third-order valence-electron chi connectivity index (χ3n) is 8.58. The molecule has 0 fully saturated rings. The topological polar surface area (TPSA) is 195 Å². The number of aromatic carboxylic acids is 2. The number of hydrogen-bond acceptors (Lipinski definition) is 6. The Labute approximate surface area is 346 Å². The summed E-state index contributed by atoms with van der Waals surface area (Å²) in [6.07, 6.45) is 0.741. The van der Waals surface area contributed by atoms with Crippen LogP contribution in [0.2, 0.25) is 5.02 Å². The van der Waals surface area contributed by atoms with Crippen molar-refractivity contribution in [3.05, 3.63) is 160 Å². The van der Waals surface area contributed by atoms with E-state index >= 15 is 0 Å². The summed E-state index contributed by atoms with van der Waals surface area (Å²) in [4.78, 5) is 65.6. The Morgan fingerprint density at radius 1 is 0.610 bits per heavy atom. The van der Waals surface area contributed by atoms with Gasteiger partial charge in [-0.2, -0.15) is 0 Å². The zero-order chi connectivity index (χ0) is 43.6. The zero-order valence-corrected chi connectivity index (χ0v) is 33.8. The normalized spacial score (nSPS) is 10.7. The van der Waals surface area contributed by atoms with Gasteiger partial charge in [-0.3, -0.25) is 19.2 Å². The number of aryl methyl sites for hydroxylation is 1. The maximum absolute atomic E-state index is 12.0. The van der Waals surface area contributed by atoms with E-state index in [-0.39, 0.29) is 36.0 Å². The maximum Gasteiger partial charge on any atom is 0.335 e. The number of fused-ring (bicyclic) bond motifs is 2. The molecule has 6 rings (SSSR count). The molecule has 12 heteroatoms. The number of nitrogens with one attached hydrogen (secondary N) is 1. The minimum Gasteiger partial charge on any atom is -0.481 e. The summed E-state index contributed by atoms with van der Waals surface area (Å²) in [5.41, 5.74) is 3.60. The molecule has 1 unspecified atom stereocenters. The van der Waals surface area contributed by atoms with Crippen LogP contribution in [0.15, 0.2) is 127 Å². The maximum atomic E-state index is 12.0. The molecule has 0 saturated heterocycles. The second-order valence-electron chi connectivity index (χ2n) is 14.0. The Morgan fingerprint density at radius 3 is 1.64 bits per heavy atom. The minimum atomic E-state index is -1.05. The highest BCUT2D eigenvalue weighted by Crippen LogP contribution is 2.24. The number of Topliss-reactive ketones (excluding diaryl/α,β-unsaturated/α-hetero) is 1. The lowest BCUT2D eigenvalue weighted by molar-refractivity contribution is -0.140. The SMILES string of the molecule is CC(C)C(=O)O.Cc1ccc(CC(C)CC(=O)O)cc1.O=C(CC(=O)c1ccccc1Cl)Nc1ccc(C(=O)O)cc1.O=C(O)c1ccc2cc3ccccc3cc2c1. The molecule has 1 amide bonds. The number of rotatable bonds is 11. The van der Waals surface area contributed by atoms with E-state index in [1.807, 2.05) is 44.2 Å². The van der Waals surface area contributed by atoms with E-state index in [4.69, 9.17) is 32.0 Å². The van der Waals surface area contributed by atoms with Crippen LogP contribution in [0.3, 0.4) is 0 Å². The van der Waals surface area contributed by atoms with Gasteiger partial charge in [-0.25, -0.2) is 9.59 Å². The van der Waals surface area contributed by atoms with Crippen molar-refractivity contribution in [3.63, 3.8) is 0 Å². The number of benzene rings is 6. The minimum absolute atomic E-state index is 0.116. The third-order valence-corrected chi connectivity index (χ3v) is 8.91. The smallest absolute Gasteiger partial charge is 0.335 e. The third kappa shape index (κ3) is 15.9. The number of carbonyl (C=O) groups excluding carboxylic acids is 2. The first kappa shape index (κ1) is 46.5. The summed E-state index contributed by atoms with van der Waals surface area (Å²) in [6.45, 7) is 7.29. The van der Waals surface area contributed by atoms with Gasteiger partial charge in [0.05, 0.1) is 28.5 Å². The molecule has 6 aromatic carbocycles. The average Bonchev–Trinajstić information content (AvgIpc) is 3.18. The average molecular weight is 820 g/mol. The molecule has 1 atom stereocenters. The number of carboxylic acid groups (broad SMARTS) is 4. The number of carboxylic acids is 4. The Balaban J connectivity index is 0.000000226. The van der Waals surface area contributed by atoms with Crippen LogP contribution in [-0.4, -0.2) is 56.0 Å². The first-order valence-electron chi connectivity index (χ1n) is 18.5. The Hall–Kier alpha value is -6.85. The quantitative estimate of drug-likeness (QED) is 0.0477. The van der Waals surface area contributed by atoms with Crippen LogP contribution in [-0.2, 0) is 20.8 Å². The number of halogens is 1. The van der Waals surface area contributed by atoms with Gasteiger partial charge in [0.15, 0.2) is 5.78 Å². The molecule has 0 heterocycles. The van der Waals surface area contributed by atoms with Gasteiger partial charge in [-0.15, -0.1) is 0 Å². The fraction of sp³-hybridized carbons (Fsp3) is 0.191. The van der Waals surface area contributed by atoms with Gasteiger partial charge in [-0.05, 0) is 107 Å². The largest absolute Gasteiger partial charge is 0.481 e. The van der Waals surface area contributed by atoms with E-state index in [0.29, 0.717) is 21.8 Å². The Kier molecular flexibility index (Phi) is 18.0. The zero-order valence-electron chi connectivity index (χ0n) is 33.0. The van der Waals surface area contributed by atoms with Gasteiger partial charge in [0.1, 0.15) is 0 Å². The van der Waals surface area contributed by atoms with Crippen molar-refractivity contribution in [1.29, 1.82) is 0 Å². The Bertz CT molecular complexity index is 2410. The van der Waals surface area contributed by atoms with Crippen molar-refractivity contribution in [1.82, 2.24) is 0 Å². The number of anilines is 1. The van der Waals surface area contributed by atoms with Crippen LogP contribution in [0.1, 0.15) is 75.8 Å². The molecule has 0 aromatic heterocycles. The molecule has 59 heavy (non-hydrogen) atoms. The summed E-state index contributed by atoms with van der Waals surface area (Å²) >= 11 is 5.90. The Morgan fingerprint density at radius 2 is 1.12 bits per heavy atom. The van der Waals surface area contributed by atoms with Crippen LogP contribution in [0.4, 0.5) is 5.69 Å². The molecule has 0 saturated carbocycles. The number of hydrogen-bond donors (Lipinski definition) is 5. The lowest BCUT2D eigenvalue weighted by atomic mass is 9.98. The second kappa shape index (κ2) is 22.8. The van der Waals surface area contributed by atoms with Gasteiger partial charge in [0.25, 0.3) is 0 Å². The molecule has 11 nitrogen and oxygen atoms in total. The van der Waals surface area contributed by atoms with E-state index in [9.17, 15) is 28.8 Å². The van der Waals surface area contributed by atoms with Crippen molar-refractivity contribution in [2.45, 2.75) is 47.0 Å². The lowest BCUT2D eigenvalue weighted by Crippen LogP contribution is -2.16. The molecular weight excluding hydrogens is 774 g/mol. The standard InChI is InChI=1S/C16H12ClNO4.C15H10O2.C12H16O2.C4H8O2/c17-13-4-2-1-3-12(13)14(19)9-15(20)18-11-7-5-10(6-8-11)16(21)22;16-15(17)13-6-5-12-7-10-3-1-2-4-11(10)8-14(12)9-13;1-9-3-5-11(6-4-9)7-10(2)8-12(13)14;1-3(2)4(5)6/h1-8H,9H2,(H,18,20)(H,21,22);1-9H,(H,16,17);3-6,10H,7-8H2,1-2H3,(H,13,14);3H,1-2H3,(H,5,6). The predicted octanol–water partition coefficient (Wildman–Crippen LogP) is 10.3. The summed E-state index contributed by atoms with van der Waals surface area (Å²) in [6, 6.07) is 37.8. The molecular formula is C47H46ClNO10. The highest BCUT2D eigenvalue weighted by molar-refractivity contribution is 6.34. The van der Waals surface area contributed by atoms with Crippen LogP contribution < -0.4 is 5.32 Å². The summed E-state index contributed by atoms with van der Waals surface area (Å²) in [5, 5.41) is 41.5. The van der Waals surface area contributed by atoms with Gasteiger partial charge in [-0.1, -0.05) is 105 Å². The highest BCUT2D eigenvalue weighted by atomic mass is 35.5. The fourth-order valence-electron chi connectivity index (χ4n) is 5.40. The second-order valence-corrected chi connectivity index (χ2v) is 14.4. The number of aliphatic carboxylic acids is 2. The summed E-state index contributed by atoms with van der Waals surface area (Å²) in [5.74, 6) is -4.30. The number of amides is 1.